The van der Waals surface area contributed by atoms with Crippen LogP contribution in [0.1, 0.15) is 19.4 Å². The second-order valence-corrected chi connectivity index (χ2v) is 6.85. The molecule has 0 saturated carbocycles. The Balaban J connectivity index is 2.38. The lowest BCUT2D eigenvalue weighted by Gasteiger charge is -2.34. The number of rotatable bonds is 2. The molecule has 1 saturated heterocycles. The zero-order valence-corrected chi connectivity index (χ0v) is 12.2. The Hall–Kier alpha value is -1.62. The highest BCUT2D eigenvalue weighted by atomic mass is 32.2. The number of hydrogen-bond donors (Lipinski definition) is 1. The molecule has 1 aromatic carbocycles. The van der Waals surface area contributed by atoms with Crippen LogP contribution < -0.4 is 5.73 Å². The summed E-state index contributed by atoms with van der Waals surface area (Å²) in [6, 6.07) is 6.14. The molecular weight excluding hydrogens is 278 g/mol. The first kappa shape index (κ1) is 14.8. The van der Waals surface area contributed by atoms with Crippen molar-refractivity contribution in [2.24, 2.45) is 0 Å². The van der Waals surface area contributed by atoms with Gasteiger partial charge in [-0.2, -0.15) is 9.57 Å². The molecule has 0 spiro atoms. The summed E-state index contributed by atoms with van der Waals surface area (Å²) in [5.74, 6) is 0. The molecule has 2 rings (SSSR count). The van der Waals surface area contributed by atoms with Crippen molar-refractivity contribution in [3.8, 4) is 6.07 Å². The number of sulfonamides is 1. The summed E-state index contributed by atoms with van der Waals surface area (Å²) < 4.78 is 32.1. The van der Waals surface area contributed by atoms with Crippen LogP contribution in [0.4, 0.5) is 5.69 Å². The van der Waals surface area contributed by atoms with Gasteiger partial charge in [0.25, 0.3) is 0 Å². The van der Waals surface area contributed by atoms with Gasteiger partial charge in [0, 0.05) is 13.1 Å². The van der Waals surface area contributed by atoms with Crippen molar-refractivity contribution in [2.45, 2.75) is 31.0 Å². The van der Waals surface area contributed by atoms with E-state index in [1.165, 1.54) is 22.5 Å². The van der Waals surface area contributed by atoms with E-state index in [0.717, 1.165) is 0 Å². The van der Waals surface area contributed by atoms with Crippen molar-refractivity contribution < 1.29 is 13.2 Å². The van der Waals surface area contributed by atoms with Crippen LogP contribution in [0.25, 0.3) is 0 Å². The van der Waals surface area contributed by atoms with Gasteiger partial charge in [0.05, 0.1) is 29.5 Å². The van der Waals surface area contributed by atoms with Gasteiger partial charge in [0.2, 0.25) is 10.0 Å². The first-order chi connectivity index (χ1) is 9.34. The molecule has 7 heteroatoms. The van der Waals surface area contributed by atoms with E-state index in [4.69, 9.17) is 15.7 Å². The van der Waals surface area contributed by atoms with E-state index in [1.54, 1.807) is 0 Å². The minimum absolute atomic E-state index is 0.0396. The molecule has 1 fully saturated rings. The van der Waals surface area contributed by atoms with Crippen LogP contribution in [0.5, 0.6) is 0 Å². The number of morpholine rings is 1. The number of nitrogen functional groups attached to an aromatic ring is 1. The van der Waals surface area contributed by atoms with Crippen LogP contribution in [0.15, 0.2) is 23.1 Å². The fourth-order valence-corrected chi connectivity index (χ4v) is 4.01. The van der Waals surface area contributed by atoms with E-state index >= 15 is 0 Å². The number of anilines is 1. The maximum absolute atomic E-state index is 12.6. The third kappa shape index (κ3) is 2.77. The lowest BCUT2D eigenvalue weighted by molar-refractivity contribution is -0.0440. The van der Waals surface area contributed by atoms with Gasteiger partial charge in [0.1, 0.15) is 4.90 Å². The van der Waals surface area contributed by atoms with Gasteiger partial charge in [-0.3, -0.25) is 0 Å². The molecule has 0 aliphatic carbocycles. The lowest BCUT2D eigenvalue weighted by atomic mass is 10.2. The summed E-state index contributed by atoms with van der Waals surface area (Å²) in [6.45, 7) is 4.26. The van der Waals surface area contributed by atoms with Gasteiger partial charge < -0.3 is 10.5 Å². The van der Waals surface area contributed by atoms with Gasteiger partial charge in [0.15, 0.2) is 0 Å². The molecule has 1 heterocycles. The smallest absolute Gasteiger partial charge is 0.245 e. The SMILES string of the molecule is C[C@@H]1CN(S(=O)(=O)c2ccc(C#N)cc2N)C[C@H](C)O1. The molecule has 0 bridgehead atoms. The minimum Gasteiger partial charge on any atom is -0.398 e. The number of benzene rings is 1. The highest BCUT2D eigenvalue weighted by molar-refractivity contribution is 7.89. The van der Waals surface area contributed by atoms with Crippen LogP contribution in [-0.4, -0.2) is 38.0 Å². The van der Waals surface area contributed by atoms with Gasteiger partial charge in [-0.1, -0.05) is 0 Å². The average Bonchev–Trinajstić information content (AvgIpc) is 2.37. The molecule has 1 aromatic rings. The topological polar surface area (TPSA) is 96.4 Å². The number of hydrogen-bond acceptors (Lipinski definition) is 5. The Labute approximate surface area is 118 Å². The predicted octanol–water partition coefficient (Wildman–Crippen LogP) is 0.938. The summed E-state index contributed by atoms with van der Waals surface area (Å²) in [4.78, 5) is 0.0396. The summed E-state index contributed by atoms with van der Waals surface area (Å²) in [5.41, 5.74) is 6.20. The van der Waals surface area contributed by atoms with Gasteiger partial charge in [-0.05, 0) is 32.0 Å². The summed E-state index contributed by atoms with van der Waals surface area (Å²) in [6.07, 6.45) is -0.318. The lowest BCUT2D eigenvalue weighted by Crippen LogP contribution is -2.48. The molecule has 0 radical (unpaired) electrons. The van der Waals surface area contributed by atoms with Crippen molar-refractivity contribution >= 4 is 15.7 Å². The molecule has 2 N–H and O–H groups in total. The summed E-state index contributed by atoms with van der Waals surface area (Å²) in [7, 11) is -3.66. The van der Waals surface area contributed by atoms with E-state index in [-0.39, 0.29) is 22.8 Å². The molecular formula is C13H17N3O3S. The van der Waals surface area contributed by atoms with Crippen molar-refractivity contribution in [2.75, 3.05) is 18.8 Å². The van der Waals surface area contributed by atoms with E-state index < -0.39 is 10.0 Å². The number of nitriles is 1. The zero-order chi connectivity index (χ0) is 14.9. The van der Waals surface area contributed by atoms with Crippen LogP contribution in [0.3, 0.4) is 0 Å². The monoisotopic (exact) mass is 295 g/mol. The van der Waals surface area contributed by atoms with Gasteiger partial charge >= 0.3 is 0 Å². The Morgan fingerprint density at radius 3 is 2.45 bits per heavy atom. The van der Waals surface area contributed by atoms with Crippen LogP contribution in [0, 0.1) is 11.3 Å². The van der Waals surface area contributed by atoms with Crippen molar-refractivity contribution in [1.29, 1.82) is 5.26 Å². The van der Waals surface area contributed by atoms with Crippen molar-refractivity contribution in [3.05, 3.63) is 23.8 Å². The van der Waals surface area contributed by atoms with Crippen LogP contribution >= 0.6 is 0 Å². The highest BCUT2D eigenvalue weighted by Gasteiger charge is 2.33. The summed E-state index contributed by atoms with van der Waals surface area (Å²) in [5, 5.41) is 8.79. The number of nitrogens with zero attached hydrogens (tertiary/aromatic N) is 2. The third-order valence-corrected chi connectivity index (χ3v) is 5.05. The largest absolute Gasteiger partial charge is 0.398 e. The fourth-order valence-electron chi connectivity index (χ4n) is 2.32. The van der Waals surface area contributed by atoms with Crippen LogP contribution in [0.2, 0.25) is 0 Å². The Morgan fingerprint density at radius 2 is 1.95 bits per heavy atom. The molecule has 0 aromatic heterocycles. The maximum atomic E-state index is 12.6. The molecule has 1 aliphatic heterocycles. The number of ether oxygens (including phenoxy) is 1. The normalized spacial score (nSPS) is 24.2. The second kappa shape index (κ2) is 5.40. The standard InChI is InChI=1S/C13H17N3O3S/c1-9-7-16(8-10(2)19-9)20(17,18)13-4-3-11(6-14)5-12(13)15/h3-5,9-10H,7-8,15H2,1-2H3/t9-,10+. The fraction of sp³-hybridized carbons (Fsp3) is 0.462. The van der Waals surface area contributed by atoms with Crippen molar-refractivity contribution in [3.63, 3.8) is 0 Å². The molecule has 1 aliphatic rings. The van der Waals surface area contributed by atoms with E-state index in [1.807, 2.05) is 19.9 Å². The predicted molar refractivity (Wildman–Crippen MR) is 74.3 cm³/mol. The first-order valence-corrected chi connectivity index (χ1v) is 7.74. The summed E-state index contributed by atoms with van der Waals surface area (Å²) >= 11 is 0. The molecule has 0 unspecified atom stereocenters. The average molecular weight is 295 g/mol. The Bertz CT molecular complexity index is 641. The second-order valence-electron chi connectivity index (χ2n) is 4.94. The third-order valence-electron chi connectivity index (χ3n) is 3.14. The van der Waals surface area contributed by atoms with Gasteiger partial charge in [-0.15, -0.1) is 0 Å². The number of nitrogens with two attached hydrogens (primary N) is 1. The molecule has 2 atom stereocenters. The van der Waals surface area contributed by atoms with E-state index in [2.05, 4.69) is 0 Å². The Morgan fingerprint density at radius 1 is 1.35 bits per heavy atom. The van der Waals surface area contributed by atoms with E-state index in [9.17, 15) is 8.42 Å². The molecule has 20 heavy (non-hydrogen) atoms. The molecule has 6 nitrogen and oxygen atoms in total. The Kier molecular flexibility index (Phi) is 3.99. The first-order valence-electron chi connectivity index (χ1n) is 6.30. The van der Waals surface area contributed by atoms with E-state index in [0.29, 0.717) is 18.7 Å². The maximum Gasteiger partial charge on any atom is 0.245 e. The zero-order valence-electron chi connectivity index (χ0n) is 11.4. The van der Waals surface area contributed by atoms with Crippen molar-refractivity contribution in [1.82, 2.24) is 4.31 Å². The van der Waals surface area contributed by atoms with Crippen LogP contribution in [-0.2, 0) is 14.8 Å². The molecule has 108 valence electrons. The quantitative estimate of drug-likeness (QED) is 0.819. The molecule has 0 amide bonds. The highest BCUT2D eigenvalue weighted by Crippen LogP contribution is 2.26. The van der Waals surface area contributed by atoms with Gasteiger partial charge in [-0.25, -0.2) is 8.42 Å². The minimum atomic E-state index is -3.66.